The van der Waals surface area contributed by atoms with Gasteiger partial charge in [0, 0.05) is 37.6 Å². The molecule has 0 spiro atoms. The molecule has 7 nitrogen and oxygen atoms in total. The van der Waals surface area contributed by atoms with E-state index in [2.05, 4.69) is 20.2 Å². The number of anilines is 3. The molecule has 0 unspecified atom stereocenters. The highest BCUT2D eigenvalue weighted by atomic mass is 35.5. The van der Waals surface area contributed by atoms with Gasteiger partial charge >= 0.3 is 0 Å². The van der Waals surface area contributed by atoms with Gasteiger partial charge in [-0.15, -0.1) is 0 Å². The van der Waals surface area contributed by atoms with E-state index in [0.717, 1.165) is 55.9 Å². The first-order valence-electron chi connectivity index (χ1n) is 10.3. The maximum atomic E-state index is 6.63. The second-order valence-electron chi connectivity index (χ2n) is 7.69. The fourth-order valence-electron chi connectivity index (χ4n) is 3.85. The minimum Gasteiger partial charge on any atom is -0.491 e. The number of hydrogen-bond donors (Lipinski definition) is 2. The maximum absolute atomic E-state index is 6.63. The zero-order valence-electron chi connectivity index (χ0n) is 16.5. The van der Waals surface area contributed by atoms with E-state index >= 15 is 0 Å². The van der Waals surface area contributed by atoms with Gasteiger partial charge in [0.25, 0.3) is 0 Å². The number of benzene rings is 1. The van der Waals surface area contributed by atoms with E-state index in [0.29, 0.717) is 42.8 Å². The van der Waals surface area contributed by atoms with Crippen molar-refractivity contribution in [1.29, 1.82) is 0 Å². The number of nitrogens with two attached hydrogens (primary N) is 1. The second kappa shape index (κ2) is 9.61. The van der Waals surface area contributed by atoms with E-state index < -0.39 is 0 Å². The van der Waals surface area contributed by atoms with Gasteiger partial charge in [-0.3, -0.25) is 0 Å². The third-order valence-corrected chi connectivity index (χ3v) is 5.88. The summed E-state index contributed by atoms with van der Waals surface area (Å²) < 4.78 is 11.8. The zero-order chi connectivity index (χ0) is 20.1. The number of morpholine rings is 1. The van der Waals surface area contributed by atoms with Crippen LogP contribution in [-0.4, -0.2) is 48.9 Å². The van der Waals surface area contributed by atoms with Crippen LogP contribution in [0.5, 0.6) is 5.75 Å². The fourth-order valence-corrected chi connectivity index (χ4v) is 4.14. The fraction of sp³-hybridized carbons (Fsp3) is 0.524. The average molecular weight is 418 g/mol. The lowest BCUT2D eigenvalue weighted by molar-refractivity contribution is 0.122. The van der Waals surface area contributed by atoms with E-state index in [-0.39, 0.29) is 0 Å². The van der Waals surface area contributed by atoms with Gasteiger partial charge in [0.05, 0.1) is 36.2 Å². The number of rotatable bonds is 6. The third-order valence-electron chi connectivity index (χ3n) is 5.58. The van der Waals surface area contributed by atoms with Crippen molar-refractivity contribution < 1.29 is 9.47 Å². The molecule has 0 amide bonds. The Labute approximate surface area is 176 Å². The molecule has 1 aromatic carbocycles. The standard InChI is InChI=1S/C21H28ClN5O2/c22-17-12-18(26-21-24-6-1-7-25-21)20(13-19(17)27-8-10-28-11-9-27)29-14-15-2-4-16(23)5-3-15/h1,6-7,12-13,15-16H,2-5,8-11,14,23H2,(H,24,25,26). The minimum absolute atomic E-state index is 0.335. The van der Waals surface area contributed by atoms with Gasteiger partial charge in [0.15, 0.2) is 0 Å². The smallest absolute Gasteiger partial charge is 0.227 e. The second-order valence-corrected chi connectivity index (χ2v) is 8.10. The lowest BCUT2D eigenvalue weighted by Crippen LogP contribution is -2.36. The summed E-state index contributed by atoms with van der Waals surface area (Å²) in [6.07, 6.45) is 7.74. The van der Waals surface area contributed by atoms with Crippen LogP contribution >= 0.6 is 11.6 Å². The quantitative estimate of drug-likeness (QED) is 0.742. The van der Waals surface area contributed by atoms with Gasteiger partial charge in [-0.25, -0.2) is 9.97 Å². The van der Waals surface area contributed by atoms with Crippen molar-refractivity contribution >= 4 is 28.9 Å². The van der Waals surface area contributed by atoms with Crippen molar-refractivity contribution in [1.82, 2.24) is 9.97 Å². The average Bonchev–Trinajstić information content (AvgIpc) is 2.76. The molecule has 0 radical (unpaired) electrons. The molecule has 2 aromatic rings. The summed E-state index contributed by atoms with van der Waals surface area (Å²) in [5.74, 6) is 1.80. The first-order valence-corrected chi connectivity index (χ1v) is 10.7. The Balaban J connectivity index is 1.55. The Morgan fingerprint density at radius 1 is 1.14 bits per heavy atom. The summed E-state index contributed by atoms with van der Waals surface area (Å²) in [7, 11) is 0. The van der Waals surface area contributed by atoms with Crippen molar-refractivity contribution in [3.8, 4) is 5.75 Å². The van der Waals surface area contributed by atoms with Crippen molar-refractivity contribution in [2.45, 2.75) is 31.7 Å². The Bertz CT molecular complexity index is 793. The Hall–Kier alpha value is -2.09. The Morgan fingerprint density at radius 2 is 1.86 bits per heavy atom. The molecule has 2 fully saturated rings. The highest BCUT2D eigenvalue weighted by Crippen LogP contribution is 2.38. The van der Waals surface area contributed by atoms with Gasteiger partial charge in [0.1, 0.15) is 5.75 Å². The molecule has 1 saturated heterocycles. The molecule has 3 N–H and O–H groups in total. The van der Waals surface area contributed by atoms with Crippen molar-refractivity contribution in [2.75, 3.05) is 43.1 Å². The molecule has 29 heavy (non-hydrogen) atoms. The van der Waals surface area contributed by atoms with Gasteiger partial charge in [-0.05, 0) is 43.7 Å². The van der Waals surface area contributed by atoms with Crippen LogP contribution in [0.25, 0.3) is 0 Å². The molecular weight excluding hydrogens is 390 g/mol. The van der Waals surface area contributed by atoms with E-state index in [1.807, 2.05) is 12.1 Å². The molecule has 2 heterocycles. The van der Waals surface area contributed by atoms with Crippen LogP contribution in [0, 0.1) is 5.92 Å². The van der Waals surface area contributed by atoms with Crippen LogP contribution in [0.4, 0.5) is 17.3 Å². The van der Waals surface area contributed by atoms with Crippen LogP contribution in [0.15, 0.2) is 30.6 Å². The lowest BCUT2D eigenvalue weighted by Gasteiger charge is -2.31. The number of nitrogens with one attached hydrogen (secondary N) is 1. The molecule has 1 aromatic heterocycles. The summed E-state index contributed by atoms with van der Waals surface area (Å²) in [5, 5.41) is 3.91. The summed E-state index contributed by atoms with van der Waals surface area (Å²) in [6.45, 7) is 3.70. The highest BCUT2D eigenvalue weighted by Gasteiger charge is 2.22. The van der Waals surface area contributed by atoms with Crippen LogP contribution < -0.4 is 20.7 Å². The monoisotopic (exact) mass is 417 g/mol. The van der Waals surface area contributed by atoms with E-state index in [4.69, 9.17) is 26.8 Å². The molecule has 4 rings (SSSR count). The first kappa shape index (κ1) is 20.2. The maximum Gasteiger partial charge on any atom is 0.227 e. The summed E-state index contributed by atoms with van der Waals surface area (Å²) in [5.41, 5.74) is 7.78. The molecule has 156 valence electrons. The van der Waals surface area contributed by atoms with Gasteiger partial charge in [-0.2, -0.15) is 0 Å². The molecule has 0 atom stereocenters. The SMILES string of the molecule is NC1CCC(COc2cc(N3CCOCC3)c(Cl)cc2Nc2ncccn2)CC1. The largest absolute Gasteiger partial charge is 0.491 e. The number of aromatic nitrogens is 2. The number of nitrogens with zero attached hydrogens (tertiary/aromatic N) is 3. The first-order chi connectivity index (χ1) is 14.2. The normalized spacial score (nSPS) is 22.3. The van der Waals surface area contributed by atoms with Gasteiger partial charge in [0.2, 0.25) is 5.95 Å². The zero-order valence-corrected chi connectivity index (χ0v) is 17.3. The molecule has 1 aliphatic heterocycles. The Kier molecular flexibility index (Phi) is 6.69. The van der Waals surface area contributed by atoms with Crippen LogP contribution in [0.1, 0.15) is 25.7 Å². The molecule has 0 bridgehead atoms. The van der Waals surface area contributed by atoms with Crippen LogP contribution in [0.3, 0.4) is 0 Å². The van der Waals surface area contributed by atoms with Crippen LogP contribution in [0.2, 0.25) is 5.02 Å². The highest BCUT2D eigenvalue weighted by molar-refractivity contribution is 6.33. The Morgan fingerprint density at radius 3 is 2.59 bits per heavy atom. The topological polar surface area (TPSA) is 85.5 Å². The molecule has 1 aliphatic carbocycles. The van der Waals surface area contributed by atoms with E-state index in [1.165, 1.54) is 0 Å². The molecule has 2 aliphatic rings. The number of hydrogen-bond acceptors (Lipinski definition) is 7. The van der Waals surface area contributed by atoms with Crippen molar-refractivity contribution in [3.05, 3.63) is 35.6 Å². The van der Waals surface area contributed by atoms with Crippen molar-refractivity contribution in [2.24, 2.45) is 11.7 Å². The predicted molar refractivity (Wildman–Crippen MR) is 115 cm³/mol. The summed E-state index contributed by atoms with van der Waals surface area (Å²) in [6, 6.07) is 6.04. The van der Waals surface area contributed by atoms with E-state index in [9.17, 15) is 0 Å². The molecule has 1 saturated carbocycles. The minimum atomic E-state index is 0.335. The number of halogens is 1. The van der Waals surface area contributed by atoms with E-state index in [1.54, 1.807) is 18.5 Å². The molecule has 8 heteroatoms. The van der Waals surface area contributed by atoms with Gasteiger partial charge in [-0.1, -0.05) is 11.6 Å². The lowest BCUT2D eigenvalue weighted by atomic mass is 9.87. The summed E-state index contributed by atoms with van der Waals surface area (Å²) >= 11 is 6.63. The molecular formula is C21H28ClN5O2. The van der Waals surface area contributed by atoms with Crippen molar-refractivity contribution in [3.63, 3.8) is 0 Å². The van der Waals surface area contributed by atoms with Crippen LogP contribution in [-0.2, 0) is 4.74 Å². The summed E-state index contributed by atoms with van der Waals surface area (Å²) in [4.78, 5) is 10.7. The number of ether oxygens (including phenoxy) is 2. The predicted octanol–water partition coefficient (Wildman–Crippen LogP) is 3.61. The third kappa shape index (κ3) is 5.29. The van der Waals surface area contributed by atoms with Gasteiger partial charge < -0.3 is 25.4 Å².